The number of para-hydroxylation sites is 1. The Kier molecular flexibility index (Phi) is 8.32. The van der Waals surface area contributed by atoms with Crippen LogP contribution in [0, 0.1) is 11.3 Å². The lowest BCUT2D eigenvalue weighted by atomic mass is 10.0. The normalized spacial score (nSPS) is 15.8. The fraction of sp³-hybridized carbons (Fsp3) is 0.391. The van der Waals surface area contributed by atoms with Crippen LogP contribution in [0.2, 0.25) is 0 Å². The Balaban J connectivity index is 0.00000306. The minimum atomic E-state index is 0. The molecule has 4 rings (SSSR count). The minimum Gasteiger partial charge on any atom is -0.382 e. The van der Waals surface area contributed by atoms with Gasteiger partial charge < -0.3 is 16.0 Å². The number of nitrogen functional groups attached to an aromatic ring is 1. The molecule has 9 nitrogen and oxygen atoms in total. The van der Waals surface area contributed by atoms with E-state index >= 15 is 0 Å². The molecule has 3 heterocycles. The Bertz CT molecular complexity index is 1130. The summed E-state index contributed by atoms with van der Waals surface area (Å²) in [6.07, 6.45) is 6.62. The van der Waals surface area contributed by atoms with Crippen LogP contribution in [-0.4, -0.2) is 57.1 Å². The van der Waals surface area contributed by atoms with Gasteiger partial charge in [-0.1, -0.05) is 18.2 Å². The van der Waals surface area contributed by atoms with Gasteiger partial charge >= 0.3 is 0 Å². The van der Waals surface area contributed by atoms with Crippen LogP contribution in [0.1, 0.15) is 35.6 Å². The van der Waals surface area contributed by atoms with E-state index in [-0.39, 0.29) is 24.0 Å². The number of guanidine groups is 1. The molecule has 1 aromatic carbocycles. The molecular formula is C23H30IN9. The molecule has 0 saturated carbocycles. The van der Waals surface area contributed by atoms with Gasteiger partial charge in [-0.2, -0.15) is 15.5 Å². The summed E-state index contributed by atoms with van der Waals surface area (Å²) < 4.78 is 3.50. The van der Waals surface area contributed by atoms with Crippen LogP contribution in [0.15, 0.2) is 47.7 Å². The maximum absolute atomic E-state index is 9.58. The molecule has 10 heteroatoms. The predicted molar refractivity (Wildman–Crippen MR) is 140 cm³/mol. The third-order valence-electron chi connectivity index (χ3n) is 5.88. The number of halogens is 1. The second kappa shape index (κ2) is 11.2. The van der Waals surface area contributed by atoms with Crippen LogP contribution in [0.3, 0.4) is 0 Å². The molecule has 0 amide bonds. The maximum atomic E-state index is 9.58. The van der Waals surface area contributed by atoms with Crippen molar-refractivity contribution in [1.29, 1.82) is 5.26 Å². The summed E-state index contributed by atoms with van der Waals surface area (Å²) in [7, 11) is 3.76. The Hall–Kier alpha value is -3.07. The van der Waals surface area contributed by atoms with E-state index in [2.05, 4.69) is 37.7 Å². The van der Waals surface area contributed by atoms with Gasteiger partial charge in [0.25, 0.3) is 0 Å². The fourth-order valence-corrected chi connectivity index (χ4v) is 4.21. The molecule has 3 aromatic rings. The van der Waals surface area contributed by atoms with Gasteiger partial charge in [-0.15, -0.1) is 24.0 Å². The van der Waals surface area contributed by atoms with Crippen LogP contribution in [0.4, 0.5) is 5.82 Å². The lowest BCUT2D eigenvalue weighted by Crippen LogP contribution is -2.40. The molecule has 1 aliphatic rings. The molecule has 3 N–H and O–H groups in total. The number of anilines is 1. The molecule has 174 valence electrons. The van der Waals surface area contributed by atoms with Crippen molar-refractivity contribution in [3.05, 3.63) is 59.5 Å². The first-order valence-corrected chi connectivity index (χ1v) is 10.9. The number of aliphatic imine (C=N–C) groups is 1. The summed E-state index contributed by atoms with van der Waals surface area (Å²) >= 11 is 0. The molecule has 0 bridgehead atoms. The number of aromatic nitrogens is 4. The highest BCUT2D eigenvalue weighted by molar-refractivity contribution is 14.0. The second-order valence-corrected chi connectivity index (χ2v) is 8.02. The molecule has 33 heavy (non-hydrogen) atoms. The van der Waals surface area contributed by atoms with Gasteiger partial charge in [0.15, 0.2) is 5.96 Å². The number of rotatable bonds is 6. The van der Waals surface area contributed by atoms with Crippen molar-refractivity contribution in [3.63, 3.8) is 0 Å². The zero-order valence-corrected chi connectivity index (χ0v) is 21.3. The van der Waals surface area contributed by atoms with Gasteiger partial charge in [0.2, 0.25) is 0 Å². The molecule has 1 aliphatic heterocycles. The van der Waals surface area contributed by atoms with Gasteiger partial charge in [-0.05, 0) is 37.0 Å². The first kappa shape index (κ1) is 24.6. The number of hydrogen-bond acceptors (Lipinski definition) is 5. The largest absolute Gasteiger partial charge is 0.382 e. The van der Waals surface area contributed by atoms with Gasteiger partial charge in [-0.3, -0.25) is 9.67 Å². The average Bonchev–Trinajstić information content (AvgIpc) is 3.53. The second-order valence-electron chi connectivity index (χ2n) is 8.02. The fourth-order valence-electron chi connectivity index (χ4n) is 4.21. The van der Waals surface area contributed by atoms with E-state index < -0.39 is 0 Å². The summed E-state index contributed by atoms with van der Waals surface area (Å²) in [6, 6.07) is 11.9. The number of nitrogens with zero attached hydrogens (tertiary/aromatic N) is 7. The number of aryl methyl sites for hydroxylation is 2. The van der Waals surface area contributed by atoms with E-state index in [0.29, 0.717) is 23.7 Å². The third-order valence-corrected chi connectivity index (χ3v) is 5.88. The van der Waals surface area contributed by atoms with Crippen LogP contribution < -0.4 is 11.1 Å². The minimum absolute atomic E-state index is 0. The first-order chi connectivity index (χ1) is 15.6. The molecule has 1 atom stereocenters. The zero-order valence-electron chi connectivity index (χ0n) is 19.0. The third kappa shape index (κ3) is 5.47. The lowest BCUT2D eigenvalue weighted by molar-refractivity contribution is 0.484. The number of hydrogen-bond donors (Lipinski definition) is 2. The average molecular weight is 559 g/mol. The Morgan fingerprint density at radius 3 is 2.79 bits per heavy atom. The Labute approximate surface area is 211 Å². The monoisotopic (exact) mass is 559 g/mol. The van der Waals surface area contributed by atoms with Crippen LogP contribution in [0.25, 0.3) is 5.69 Å². The molecule has 1 saturated heterocycles. The van der Waals surface area contributed by atoms with Crippen molar-refractivity contribution in [1.82, 2.24) is 29.8 Å². The Morgan fingerprint density at radius 1 is 1.33 bits per heavy atom. The molecule has 0 spiro atoms. The standard InChI is InChI=1S/C23H29N9.HI/c1-26-23(31-12-10-17(16-31)18-14-28-30(2)15-18)27-11-6-9-21-20(13-24)22(25)32(29-21)19-7-4-3-5-8-19;/h3-5,7-8,14-15,17H,6,9-12,16,25H2,1-2H3,(H,26,27);1H. The highest BCUT2D eigenvalue weighted by atomic mass is 127. The van der Waals surface area contributed by atoms with Gasteiger partial charge in [0.1, 0.15) is 17.5 Å². The van der Waals surface area contributed by atoms with Crippen LogP contribution in [0.5, 0.6) is 0 Å². The lowest BCUT2D eigenvalue weighted by Gasteiger charge is -2.21. The topological polar surface area (TPSA) is 113 Å². The molecule has 1 unspecified atom stereocenters. The van der Waals surface area contributed by atoms with Crippen molar-refractivity contribution in [2.45, 2.75) is 25.2 Å². The molecule has 0 aliphatic carbocycles. The summed E-state index contributed by atoms with van der Waals surface area (Å²) in [5.74, 6) is 1.77. The number of benzene rings is 1. The van der Waals surface area contributed by atoms with Crippen molar-refractivity contribution >= 4 is 35.8 Å². The van der Waals surface area contributed by atoms with E-state index in [1.54, 1.807) is 4.68 Å². The molecule has 2 aromatic heterocycles. The SMILES string of the molecule is CN=C(NCCCc1nn(-c2ccccc2)c(N)c1C#N)N1CCC(c2cnn(C)c2)C1.I. The first-order valence-electron chi connectivity index (χ1n) is 10.9. The van der Waals surface area contributed by atoms with Crippen molar-refractivity contribution in [2.24, 2.45) is 12.0 Å². The van der Waals surface area contributed by atoms with Gasteiger partial charge in [0, 0.05) is 45.8 Å². The molecular weight excluding hydrogens is 529 g/mol. The maximum Gasteiger partial charge on any atom is 0.193 e. The van der Waals surface area contributed by atoms with E-state index in [1.165, 1.54) is 5.56 Å². The van der Waals surface area contributed by atoms with Crippen molar-refractivity contribution in [3.8, 4) is 11.8 Å². The van der Waals surface area contributed by atoms with E-state index in [1.807, 2.05) is 55.3 Å². The Morgan fingerprint density at radius 2 is 2.12 bits per heavy atom. The van der Waals surface area contributed by atoms with Crippen LogP contribution >= 0.6 is 24.0 Å². The van der Waals surface area contributed by atoms with E-state index in [0.717, 1.165) is 49.8 Å². The predicted octanol–water partition coefficient (Wildman–Crippen LogP) is 2.68. The highest BCUT2D eigenvalue weighted by Crippen LogP contribution is 2.26. The zero-order chi connectivity index (χ0) is 22.5. The quantitative estimate of drug-likeness (QED) is 0.208. The van der Waals surface area contributed by atoms with Crippen LogP contribution in [-0.2, 0) is 13.5 Å². The van der Waals surface area contributed by atoms with E-state index in [9.17, 15) is 5.26 Å². The van der Waals surface area contributed by atoms with Gasteiger partial charge in [0.05, 0.1) is 17.6 Å². The van der Waals surface area contributed by atoms with Crippen molar-refractivity contribution in [2.75, 3.05) is 32.4 Å². The van der Waals surface area contributed by atoms with Crippen molar-refractivity contribution < 1.29 is 0 Å². The summed E-state index contributed by atoms with van der Waals surface area (Å²) in [5, 5.41) is 21.9. The number of likely N-dealkylation sites (tertiary alicyclic amines) is 1. The summed E-state index contributed by atoms with van der Waals surface area (Å²) in [5.41, 5.74) is 9.51. The smallest absolute Gasteiger partial charge is 0.193 e. The van der Waals surface area contributed by atoms with E-state index in [4.69, 9.17) is 5.73 Å². The summed E-state index contributed by atoms with van der Waals surface area (Å²) in [6.45, 7) is 2.64. The number of nitrogens with one attached hydrogen (secondary N) is 1. The number of nitrogens with two attached hydrogens (primary N) is 1. The number of nitriles is 1. The molecule has 0 radical (unpaired) electrons. The summed E-state index contributed by atoms with van der Waals surface area (Å²) in [4.78, 5) is 6.75. The van der Waals surface area contributed by atoms with Gasteiger partial charge in [-0.25, -0.2) is 4.68 Å². The highest BCUT2D eigenvalue weighted by Gasteiger charge is 2.26. The molecule has 1 fully saturated rings.